The summed E-state index contributed by atoms with van der Waals surface area (Å²) in [6.45, 7) is 0.124. The van der Waals surface area contributed by atoms with E-state index in [4.69, 9.17) is 23.2 Å². The van der Waals surface area contributed by atoms with Crippen LogP contribution in [0.4, 0.5) is 5.69 Å². The van der Waals surface area contributed by atoms with Gasteiger partial charge in [-0.25, -0.2) is 0 Å². The average molecular weight is 552 g/mol. The number of nitrogens with one attached hydrogen (secondary N) is 2. The number of carboxylic acids is 1. The third-order valence-corrected chi connectivity index (χ3v) is 7.30. The van der Waals surface area contributed by atoms with Gasteiger partial charge < -0.3 is 10.4 Å². The molecule has 10 nitrogen and oxygen atoms in total. The quantitative estimate of drug-likeness (QED) is 0.332. The molecule has 3 N–H and O–H groups in total. The monoisotopic (exact) mass is 551 g/mol. The van der Waals surface area contributed by atoms with Gasteiger partial charge >= 0.3 is 5.97 Å². The molecule has 0 saturated carbocycles. The molecular formula is C23H23Cl2N5O5S. The number of carbonyl (C=O) groups is 2. The van der Waals surface area contributed by atoms with Crippen molar-refractivity contribution in [3.63, 3.8) is 0 Å². The Balaban J connectivity index is 1.62. The number of carbonyl (C=O) groups excluding carboxylic acids is 1. The predicted octanol–water partition coefficient (Wildman–Crippen LogP) is 3.04. The fraction of sp³-hybridized carbons (Fsp3) is 0.217. The fourth-order valence-electron chi connectivity index (χ4n) is 3.17. The van der Waals surface area contributed by atoms with Crippen LogP contribution < -0.4 is 10.0 Å². The van der Waals surface area contributed by atoms with Gasteiger partial charge in [-0.3, -0.25) is 19.6 Å². The first-order valence-electron chi connectivity index (χ1n) is 10.6. The zero-order chi connectivity index (χ0) is 26.3. The van der Waals surface area contributed by atoms with Crippen LogP contribution in [0.15, 0.2) is 61.1 Å². The van der Waals surface area contributed by atoms with E-state index in [1.54, 1.807) is 48.7 Å². The van der Waals surface area contributed by atoms with E-state index in [0.717, 1.165) is 10.00 Å². The second kappa shape index (κ2) is 12.2. The highest BCUT2D eigenvalue weighted by molar-refractivity contribution is 7.87. The fourth-order valence-corrected chi connectivity index (χ4v) is 4.76. The van der Waals surface area contributed by atoms with Crippen LogP contribution in [0.2, 0.25) is 10.0 Å². The molecule has 1 atom stereocenters. The lowest BCUT2D eigenvalue weighted by atomic mass is 10.1. The molecular weight excluding hydrogens is 529 g/mol. The van der Waals surface area contributed by atoms with Gasteiger partial charge in [-0.1, -0.05) is 41.4 Å². The van der Waals surface area contributed by atoms with Crippen LogP contribution in [0.1, 0.15) is 21.6 Å². The van der Waals surface area contributed by atoms with Crippen molar-refractivity contribution in [2.45, 2.75) is 18.9 Å². The van der Waals surface area contributed by atoms with E-state index < -0.39 is 28.1 Å². The van der Waals surface area contributed by atoms with Gasteiger partial charge in [-0.15, -0.1) is 0 Å². The Bertz CT molecular complexity index is 1300. The van der Waals surface area contributed by atoms with Crippen LogP contribution in [0.25, 0.3) is 0 Å². The number of hydrogen-bond donors (Lipinski definition) is 3. The summed E-state index contributed by atoms with van der Waals surface area (Å²) in [4.78, 5) is 32.2. The van der Waals surface area contributed by atoms with Gasteiger partial charge in [0.15, 0.2) is 0 Å². The number of pyridine rings is 2. The third-order valence-electron chi connectivity index (χ3n) is 5.14. The van der Waals surface area contributed by atoms with Gasteiger partial charge in [0.05, 0.1) is 15.6 Å². The van der Waals surface area contributed by atoms with E-state index in [9.17, 15) is 23.1 Å². The number of benzene rings is 1. The molecule has 1 aromatic carbocycles. The molecule has 2 aromatic heterocycles. The summed E-state index contributed by atoms with van der Waals surface area (Å²) >= 11 is 12.0. The Labute approximate surface area is 218 Å². The highest BCUT2D eigenvalue weighted by Gasteiger charge is 2.27. The van der Waals surface area contributed by atoms with E-state index in [-0.39, 0.29) is 28.6 Å². The number of rotatable bonds is 11. The highest BCUT2D eigenvalue weighted by atomic mass is 35.5. The number of anilines is 1. The van der Waals surface area contributed by atoms with E-state index in [0.29, 0.717) is 17.7 Å². The van der Waals surface area contributed by atoms with Crippen LogP contribution in [0, 0.1) is 0 Å². The minimum Gasteiger partial charge on any atom is -0.480 e. The van der Waals surface area contributed by atoms with Gasteiger partial charge in [0, 0.05) is 50.0 Å². The van der Waals surface area contributed by atoms with Gasteiger partial charge in [-0.2, -0.15) is 17.4 Å². The van der Waals surface area contributed by atoms with Crippen LogP contribution in [0.3, 0.4) is 0 Å². The Morgan fingerprint density at radius 1 is 1.08 bits per heavy atom. The zero-order valence-corrected chi connectivity index (χ0v) is 21.4. The minimum atomic E-state index is -4.07. The second-order valence-corrected chi connectivity index (χ2v) is 10.4. The molecule has 0 spiro atoms. The summed E-state index contributed by atoms with van der Waals surface area (Å²) in [5, 5.41) is 12.4. The van der Waals surface area contributed by atoms with Crippen molar-refractivity contribution in [3.05, 3.63) is 87.9 Å². The van der Waals surface area contributed by atoms with E-state index in [1.807, 2.05) is 0 Å². The van der Waals surface area contributed by atoms with Crippen molar-refractivity contribution in [1.82, 2.24) is 19.0 Å². The summed E-state index contributed by atoms with van der Waals surface area (Å²) in [6.07, 6.45) is 4.48. The SMILES string of the molecule is CN(CCc1ccccn1)S(=O)(=O)NC(Cc1ccc(NC(=O)c2c(Cl)cncc2Cl)cc1)C(=O)O. The molecule has 0 bridgehead atoms. The van der Waals surface area contributed by atoms with Gasteiger partial charge in [0.1, 0.15) is 6.04 Å². The Morgan fingerprint density at radius 2 is 1.75 bits per heavy atom. The van der Waals surface area contributed by atoms with Crippen molar-refractivity contribution in [3.8, 4) is 0 Å². The molecule has 2 heterocycles. The van der Waals surface area contributed by atoms with E-state index in [2.05, 4.69) is 20.0 Å². The van der Waals surface area contributed by atoms with Crippen molar-refractivity contribution in [2.75, 3.05) is 18.9 Å². The summed E-state index contributed by atoms with van der Waals surface area (Å²) < 4.78 is 28.6. The van der Waals surface area contributed by atoms with Crippen molar-refractivity contribution in [1.29, 1.82) is 0 Å². The number of halogens is 2. The lowest BCUT2D eigenvalue weighted by molar-refractivity contribution is -0.138. The Hall–Kier alpha value is -3.09. The number of carboxylic acid groups (broad SMARTS) is 1. The second-order valence-electron chi connectivity index (χ2n) is 7.74. The molecule has 1 amide bonds. The Morgan fingerprint density at radius 3 is 2.33 bits per heavy atom. The molecule has 3 rings (SSSR count). The Kier molecular flexibility index (Phi) is 9.35. The summed E-state index contributed by atoms with van der Waals surface area (Å²) in [5.74, 6) is -1.86. The molecule has 13 heteroatoms. The number of aromatic nitrogens is 2. The summed E-state index contributed by atoms with van der Waals surface area (Å²) in [7, 11) is -2.71. The molecule has 190 valence electrons. The maximum absolute atomic E-state index is 12.7. The van der Waals surface area contributed by atoms with Gasteiger partial charge in [0.25, 0.3) is 16.1 Å². The summed E-state index contributed by atoms with van der Waals surface area (Å²) in [5.41, 5.74) is 1.74. The maximum atomic E-state index is 12.7. The molecule has 3 aromatic rings. The molecule has 0 aliphatic carbocycles. The standard InChI is InChI=1S/C23H23Cl2N5O5S/c1-30(11-9-16-4-2-3-10-27-16)36(34,35)29-20(23(32)33)12-15-5-7-17(8-6-15)28-22(31)21-18(24)13-26-14-19(21)25/h2-8,10,13-14,20,29H,9,11-12H2,1H3,(H,28,31)(H,32,33). The number of aliphatic carboxylic acids is 1. The van der Waals surface area contributed by atoms with Gasteiger partial charge in [0.2, 0.25) is 0 Å². The lowest BCUT2D eigenvalue weighted by Gasteiger charge is -2.21. The van der Waals surface area contributed by atoms with Crippen LogP contribution in [0.5, 0.6) is 0 Å². The van der Waals surface area contributed by atoms with Crippen molar-refractivity contribution < 1.29 is 23.1 Å². The normalized spacial score (nSPS) is 12.3. The smallest absolute Gasteiger partial charge is 0.322 e. The number of likely N-dealkylation sites (N-methyl/N-ethyl adjacent to an activating group) is 1. The molecule has 0 radical (unpaired) electrons. The zero-order valence-electron chi connectivity index (χ0n) is 19.1. The van der Waals surface area contributed by atoms with Crippen LogP contribution >= 0.6 is 23.2 Å². The highest BCUT2D eigenvalue weighted by Crippen LogP contribution is 2.24. The first-order chi connectivity index (χ1) is 17.1. The molecule has 0 fully saturated rings. The molecule has 0 saturated heterocycles. The molecule has 0 aliphatic rings. The predicted molar refractivity (Wildman–Crippen MR) is 136 cm³/mol. The number of amides is 1. The molecule has 36 heavy (non-hydrogen) atoms. The largest absolute Gasteiger partial charge is 0.480 e. The van der Waals surface area contributed by atoms with E-state index in [1.165, 1.54) is 19.4 Å². The minimum absolute atomic E-state index is 0.0740. The average Bonchev–Trinajstić information content (AvgIpc) is 2.83. The lowest BCUT2D eigenvalue weighted by Crippen LogP contribution is -2.48. The van der Waals surface area contributed by atoms with Crippen molar-refractivity contribution >= 4 is 51.0 Å². The first-order valence-corrected chi connectivity index (χ1v) is 12.8. The first kappa shape index (κ1) is 27.5. The maximum Gasteiger partial charge on any atom is 0.322 e. The molecule has 0 aliphatic heterocycles. The number of hydrogen-bond acceptors (Lipinski definition) is 6. The van der Waals surface area contributed by atoms with Crippen LogP contribution in [-0.4, -0.2) is 59.3 Å². The molecule has 1 unspecified atom stereocenters. The van der Waals surface area contributed by atoms with Crippen molar-refractivity contribution in [2.24, 2.45) is 0 Å². The third kappa shape index (κ3) is 7.45. The number of nitrogens with zero attached hydrogens (tertiary/aromatic N) is 3. The van der Waals surface area contributed by atoms with Crippen LogP contribution in [-0.2, 0) is 27.8 Å². The van der Waals surface area contributed by atoms with Gasteiger partial charge in [-0.05, 0) is 36.2 Å². The summed E-state index contributed by atoms with van der Waals surface area (Å²) in [6, 6.07) is 10.2. The topological polar surface area (TPSA) is 142 Å². The van der Waals surface area contributed by atoms with E-state index >= 15 is 0 Å².